The fourth-order valence-electron chi connectivity index (χ4n) is 4.72. The number of likely N-dealkylation sites (N-methyl/N-ethyl adjacent to an activating group) is 1. The number of nitrogens with one attached hydrogen (secondary N) is 2. The first-order valence-electron chi connectivity index (χ1n) is 11.2. The zero-order valence-corrected chi connectivity index (χ0v) is 19.4. The number of hydrogen-bond acceptors (Lipinski definition) is 3. The molecule has 0 unspecified atom stereocenters. The van der Waals surface area contributed by atoms with Crippen molar-refractivity contribution in [3.8, 4) is 0 Å². The van der Waals surface area contributed by atoms with E-state index in [1.165, 1.54) is 0 Å². The van der Waals surface area contributed by atoms with E-state index in [0.717, 1.165) is 48.0 Å². The number of H-pyrrole nitrogens is 1. The quantitative estimate of drug-likeness (QED) is 0.393. The first kappa shape index (κ1) is 21.5. The third kappa shape index (κ3) is 3.56. The molecular weight excluding hydrogens is 436 g/mol. The van der Waals surface area contributed by atoms with E-state index in [0.29, 0.717) is 27.3 Å². The summed E-state index contributed by atoms with van der Waals surface area (Å²) < 4.78 is 2.13. The van der Waals surface area contributed by atoms with Crippen LogP contribution in [0.4, 0.5) is 0 Å². The third-order valence-corrected chi connectivity index (χ3v) is 6.78. The molecule has 2 amide bonds. The van der Waals surface area contributed by atoms with Crippen LogP contribution in [0.1, 0.15) is 25.0 Å². The van der Waals surface area contributed by atoms with Gasteiger partial charge in [0.25, 0.3) is 11.8 Å². The van der Waals surface area contributed by atoms with Crippen LogP contribution in [0.25, 0.3) is 33.0 Å². The highest BCUT2D eigenvalue weighted by Crippen LogP contribution is 2.40. The molecule has 2 aromatic carbocycles. The molecule has 1 aliphatic heterocycles. The third-order valence-electron chi connectivity index (χ3n) is 6.47. The lowest BCUT2D eigenvalue weighted by Crippen LogP contribution is -2.26. The van der Waals surface area contributed by atoms with Gasteiger partial charge in [-0.05, 0) is 31.3 Å². The molecule has 0 spiro atoms. The molecule has 4 aromatic rings. The fourth-order valence-corrected chi connectivity index (χ4v) is 4.99. The van der Waals surface area contributed by atoms with E-state index < -0.39 is 11.8 Å². The second-order valence-electron chi connectivity index (χ2n) is 8.18. The molecule has 0 radical (unpaired) electrons. The Hall–Kier alpha value is -3.35. The monoisotopic (exact) mass is 460 g/mol. The number of carbonyl (C=O) groups excluding carboxylic acids is 2. The van der Waals surface area contributed by atoms with Gasteiger partial charge in [-0.25, -0.2) is 0 Å². The molecule has 0 saturated heterocycles. The van der Waals surface area contributed by atoms with Crippen LogP contribution in [0.2, 0.25) is 5.02 Å². The lowest BCUT2D eigenvalue weighted by Gasteiger charge is -2.18. The van der Waals surface area contributed by atoms with Gasteiger partial charge in [0.05, 0.1) is 21.7 Å². The Labute approximate surface area is 196 Å². The van der Waals surface area contributed by atoms with Crippen LogP contribution in [0, 0.1) is 0 Å². The van der Waals surface area contributed by atoms with Crippen molar-refractivity contribution in [3.63, 3.8) is 0 Å². The molecule has 7 heteroatoms. The second kappa shape index (κ2) is 8.54. The molecule has 0 fully saturated rings. The molecule has 5 rings (SSSR count). The van der Waals surface area contributed by atoms with Gasteiger partial charge in [0, 0.05) is 52.9 Å². The standard InChI is InChI=1S/C26H25ClN4O2/c1-3-30(4-2)12-13-31-15-18(22-19(27)9-7-11-21(22)31)24-23(25(32)29-26(24)33)17-14-28-20-10-6-5-8-16(17)20/h5-11,14-15,28H,3-4,12-13H2,1-2H3,(H,29,32,33). The van der Waals surface area contributed by atoms with Crippen LogP contribution in [-0.2, 0) is 16.1 Å². The lowest BCUT2D eigenvalue weighted by atomic mass is 9.95. The van der Waals surface area contributed by atoms with Gasteiger partial charge in [0.15, 0.2) is 0 Å². The molecular formula is C26H25ClN4O2. The number of aromatic amines is 1. The van der Waals surface area contributed by atoms with Crippen LogP contribution >= 0.6 is 11.6 Å². The Morgan fingerprint density at radius 3 is 2.42 bits per heavy atom. The van der Waals surface area contributed by atoms with E-state index in [9.17, 15) is 9.59 Å². The van der Waals surface area contributed by atoms with Crippen molar-refractivity contribution in [3.05, 3.63) is 71.0 Å². The summed E-state index contributed by atoms with van der Waals surface area (Å²) in [6.45, 7) is 7.86. The molecule has 6 nitrogen and oxygen atoms in total. The Bertz CT molecular complexity index is 1420. The smallest absolute Gasteiger partial charge is 0.259 e. The van der Waals surface area contributed by atoms with Crippen molar-refractivity contribution in [1.29, 1.82) is 0 Å². The van der Waals surface area contributed by atoms with Gasteiger partial charge in [-0.1, -0.05) is 49.7 Å². The van der Waals surface area contributed by atoms with Gasteiger partial charge in [0.2, 0.25) is 0 Å². The summed E-state index contributed by atoms with van der Waals surface area (Å²) in [4.78, 5) is 31.6. The summed E-state index contributed by atoms with van der Waals surface area (Å²) in [5.74, 6) is -0.793. The van der Waals surface area contributed by atoms with Gasteiger partial charge in [-0.2, -0.15) is 0 Å². The van der Waals surface area contributed by atoms with Crippen LogP contribution < -0.4 is 5.32 Å². The van der Waals surface area contributed by atoms with Crippen molar-refractivity contribution >= 4 is 56.4 Å². The number of hydrogen-bond donors (Lipinski definition) is 2. The van der Waals surface area contributed by atoms with E-state index in [1.54, 1.807) is 6.20 Å². The van der Waals surface area contributed by atoms with Crippen LogP contribution in [0.3, 0.4) is 0 Å². The van der Waals surface area contributed by atoms with Crippen molar-refractivity contribution in [2.45, 2.75) is 20.4 Å². The minimum absolute atomic E-state index is 0.365. The van der Waals surface area contributed by atoms with Crippen molar-refractivity contribution in [2.75, 3.05) is 19.6 Å². The molecule has 3 heterocycles. The van der Waals surface area contributed by atoms with E-state index in [1.807, 2.05) is 48.7 Å². The van der Waals surface area contributed by atoms with Crippen molar-refractivity contribution < 1.29 is 9.59 Å². The second-order valence-corrected chi connectivity index (χ2v) is 8.59. The summed E-state index contributed by atoms with van der Waals surface area (Å²) in [5, 5.41) is 4.74. The molecule has 0 aliphatic carbocycles. The Morgan fingerprint density at radius 2 is 1.67 bits per heavy atom. The summed E-state index contributed by atoms with van der Waals surface area (Å²) in [7, 11) is 0. The summed E-state index contributed by atoms with van der Waals surface area (Å²) in [6, 6.07) is 13.5. The predicted molar refractivity (Wildman–Crippen MR) is 133 cm³/mol. The summed E-state index contributed by atoms with van der Waals surface area (Å²) in [6.07, 6.45) is 3.75. The maximum Gasteiger partial charge on any atom is 0.259 e. The van der Waals surface area contributed by atoms with Crippen LogP contribution in [0.15, 0.2) is 54.9 Å². The first-order chi connectivity index (χ1) is 16.0. The fraction of sp³-hybridized carbons (Fsp3) is 0.231. The topological polar surface area (TPSA) is 70.1 Å². The van der Waals surface area contributed by atoms with Gasteiger partial charge >= 0.3 is 0 Å². The average Bonchev–Trinajstić information content (AvgIpc) is 3.48. The zero-order valence-electron chi connectivity index (χ0n) is 18.6. The number of fused-ring (bicyclic) bond motifs is 2. The maximum absolute atomic E-state index is 13.1. The normalized spacial score (nSPS) is 14.3. The Morgan fingerprint density at radius 1 is 0.939 bits per heavy atom. The number of imide groups is 1. The van der Waals surface area contributed by atoms with Gasteiger partial charge in [-0.3, -0.25) is 14.9 Å². The SMILES string of the molecule is CCN(CC)CCn1cc(C2=C(c3c[nH]c4ccccc34)C(=O)NC2=O)c2c(Cl)cccc21. The minimum Gasteiger partial charge on any atom is -0.361 e. The predicted octanol–water partition coefficient (Wildman–Crippen LogP) is 4.69. The number of benzene rings is 2. The number of para-hydroxylation sites is 1. The summed E-state index contributed by atoms with van der Waals surface area (Å²) in [5.41, 5.74) is 3.98. The largest absolute Gasteiger partial charge is 0.361 e. The Balaban J connectivity index is 1.73. The van der Waals surface area contributed by atoms with Crippen LogP contribution in [-0.4, -0.2) is 45.9 Å². The first-order valence-corrected chi connectivity index (χ1v) is 11.6. The number of nitrogens with zero attached hydrogens (tertiary/aromatic N) is 2. The maximum atomic E-state index is 13.1. The molecule has 2 aromatic heterocycles. The Kier molecular flexibility index (Phi) is 5.56. The number of aromatic nitrogens is 2. The van der Waals surface area contributed by atoms with Crippen molar-refractivity contribution in [1.82, 2.24) is 19.8 Å². The highest BCUT2D eigenvalue weighted by molar-refractivity contribution is 6.51. The van der Waals surface area contributed by atoms with E-state index in [4.69, 9.17) is 11.6 Å². The molecule has 0 atom stereocenters. The highest BCUT2D eigenvalue weighted by Gasteiger charge is 2.35. The van der Waals surface area contributed by atoms with E-state index in [-0.39, 0.29) is 0 Å². The molecule has 0 bridgehead atoms. The van der Waals surface area contributed by atoms with E-state index >= 15 is 0 Å². The van der Waals surface area contributed by atoms with Gasteiger partial charge in [0.1, 0.15) is 0 Å². The molecule has 168 valence electrons. The molecule has 1 aliphatic rings. The molecule has 2 N–H and O–H groups in total. The minimum atomic E-state index is -0.400. The number of carbonyl (C=O) groups is 2. The van der Waals surface area contributed by atoms with Gasteiger partial charge in [-0.15, -0.1) is 0 Å². The van der Waals surface area contributed by atoms with Gasteiger partial charge < -0.3 is 14.5 Å². The number of halogens is 1. The number of amides is 2. The molecule has 33 heavy (non-hydrogen) atoms. The molecule has 0 saturated carbocycles. The summed E-state index contributed by atoms with van der Waals surface area (Å²) >= 11 is 6.65. The average molecular weight is 461 g/mol. The van der Waals surface area contributed by atoms with E-state index in [2.05, 4.69) is 33.6 Å². The van der Waals surface area contributed by atoms with Crippen LogP contribution in [0.5, 0.6) is 0 Å². The zero-order chi connectivity index (χ0) is 23.1. The van der Waals surface area contributed by atoms with Crippen molar-refractivity contribution in [2.24, 2.45) is 0 Å². The lowest BCUT2D eigenvalue weighted by molar-refractivity contribution is -0.122. The highest BCUT2D eigenvalue weighted by atomic mass is 35.5. The number of rotatable bonds is 7.